The van der Waals surface area contributed by atoms with Crippen molar-refractivity contribution in [2.45, 2.75) is 64.6 Å². The molecule has 1 saturated heterocycles. The van der Waals surface area contributed by atoms with E-state index in [9.17, 15) is 5.11 Å². The van der Waals surface area contributed by atoms with Gasteiger partial charge in [-0.1, -0.05) is 37.6 Å². The Morgan fingerprint density at radius 1 is 1.15 bits per heavy atom. The normalized spacial score (nSPS) is 20.9. The second kappa shape index (κ2) is 9.56. The summed E-state index contributed by atoms with van der Waals surface area (Å²) in [4.78, 5) is 6.79. The number of nitrogens with one attached hydrogen (secondary N) is 2. The van der Waals surface area contributed by atoms with Crippen LogP contribution in [0.5, 0.6) is 0 Å². The van der Waals surface area contributed by atoms with Crippen molar-refractivity contribution in [3.05, 3.63) is 35.4 Å². The Kier molecular flexibility index (Phi) is 7.13. The SMILES string of the molecule is CCC1(CNC(=NC)NCc2ccc(CN3CCC(O)CC3)cc2)CCC1. The van der Waals surface area contributed by atoms with Gasteiger partial charge >= 0.3 is 0 Å². The first-order chi connectivity index (χ1) is 13.1. The molecule has 3 N–H and O–H groups in total. The lowest BCUT2D eigenvalue weighted by atomic mass is 9.67. The van der Waals surface area contributed by atoms with Gasteiger partial charge in [0.1, 0.15) is 0 Å². The van der Waals surface area contributed by atoms with Gasteiger partial charge in [0, 0.05) is 39.8 Å². The molecule has 0 radical (unpaired) electrons. The van der Waals surface area contributed by atoms with Gasteiger partial charge in [0.2, 0.25) is 0 Å². The summed E-state index contributed by atoms with van der Waals surface area (Å²) in [6, 6.07) is 8.85. The van der Waals surface area contributed by atoms with Gasteiger partial charge in [0.05, 0.1) is 6.10 Å². The molecular formula is C22H36N4O. The van der Waals surface area contributed by atoms with E-state index in [2.05, 4.69) is 51.7 Å². The van der Waals surface area contributed by atoms with E-state index in [1.54, 1.807) is 0 Å². The van der Waals surface area contributed by atoms with Crippen LogP contribution in [0.15, 0.2) is 29.3 Å². The van der Waals surface area contributed by atoms with Crippen LogP contribution in [0.25, 0.3) is 0 Å². The van der Waals surface area contributed by atoms with Crippen molar-refractivity contribution < 1.29 is 5.11 Å². The predicted octanol–water partition coefficient (Wildman–Crippen LogP) is 2.89. The molecule has 0 bridgehead atoms. The van der Waals surface area contributed by atoms with Crippen LogP contribution in [0.4, 0.5) is 0 Å². The highest BCUT2D eigenvalue weighted by Crippen LogP contribution is 2.42. The van der Waals surface area contributed by atoms with Crippen LogP contribution in [-0.2, 0) is 13.1 Å². The van der Waals surface area contributed by atoms with Crippen molar-refractivity contribution in [2.24, 2.45) is 10.4 Å². The smallest absolute Gasteiger partial charge is 0.191 e. The van der Waals surface area contributed by atoms with Crippen LogP contribution in [0.2, 0.25) is 0 Å². The van der Waals surface area contributed by atoms with Crippen LogP contribution >= 0.6 is 0 Å². The summed E-state index contributed by atoms with van der Waals surface area (Å²) in [6.07, 6.45) is 6.98. The quantitative estimate of drug-likeness (QED) is 0.509. The van der Waals surface area contributed by atoms with Crippen LogP contribution in [0.3, 0.4) is 0 Å². The molecule has 1 saturated carbocycles. The minimum Gasteiger partial charge on any atom is -0.393 e. The Hall–Kier alpha value is -1.59. The van der Waals surface area contributed by atoms with E-state index in [0.717, 1.165) is 51.5 Å². The number of likely N-dealkylation sites (tertiary alicyclic amines) is 1. The van der Waals surface area contributed by atoms with E-state index in [0.29, 0.717) is 5.41 Å². The van der Waals surface area contributed by atoms with Gasteiger partial charge in [0.15, 0.2) is 5.96 Å². The molecule has 1 aromatic rings. The highest BCUT2D eigenvalue weighted by molar-refractivity contribution is 5.79. The third-order valence-corrected chi connectivity index (χ3v) is 6.46. The Balaban J connectivity index is 1.42. The second-order valence-corrected chi connectivity index (χ2v) is 8.31. The maximum atomic E-state index is 9.62. The van der Waals surface area contributed by atoms with Crippen LogP contribution in [0, 0.1) is 5.41 Å². The van der Waals surface area contributed by atoms with Gasteiger partial charge in [-0.25, -0.2) is 0 Å². The summed E-state index contributed by atoms with van der Waals surface area (Å²) in [7, 11) is 1.84. The molecule has 1 aliphatic carbocycles. The molecule has 27 heavy (non-hydrogen) atoms. The summed E-state index contributed by atoms with van der Waals surface area (Å²) in [5.41, 5.74) is 3.10. The fourth-order valence-electron chi connectivity index (χ4n) is 4.11. The molecule has 0 amide bonds. The number of guanidine groups is 1. The Bertz CT molecular complexity index is 596. The fraction of sp³-hybridized carbons (Fsp3) is 0.682. The molecule has 2 aliphatic rings. The van der Waals surface area contributed by atoms with Crippen molar-refractivity contribution >= 4 is 5.96 Å². The van der Waals surface area contributed by atoms with Crippen molar-refractivity contribution in [3.8, 4) is 0 Å². The molecule has 0 aromatic heterocycles. The zero-order valence-electron chi connectivity index (χ0n) is 17.0. The lowest BCUT2D eigenvalue weighted by Gasteiger charge is -2.41. The number of aliphatic hydroxyl groups excluding tert-OH is 1. The van der Waals surface area contributed by atoms with Crippen molar-refractivity contribution in [3.63, 3.8) is 0 Å². The van der Waals surface area contributed by atoms with Gasteiger partial charge in [-0.2, -0.15) is 0 Å². The first-order valence-electron chi connectivity index (χ1n) is 10.6. The Labute approximate surface area is 164 Å². The zero-order chi connectivity index (χ0) is 19.1. The van der Waals surface area contributed by atoms with E-state index in [-0.39, 0.29) is 6.10 Å². The van der Waals surface area contributed by atoms with E-state index >= 15 is 0 Å². The molecule has 5 nitrogen and oxygen atoms in total. The summed E-state index contributed by atoms with van der Waals surface area (Å²) in [5, 5.41) is 16.6. The molecule has 5 heteroatoms. The third-order valence-electron chi connectivity index (χ3n) is 6.46. The molecule has 1 heterocycles. The maximum absolute atomic E-state index is 9.62. The molecular weight excluding hydrogens is 336 g/mol. The van der Waals surface area contributed by atoms with Gasteiger partial charge in [0.25, 0.3) is 0 Å². The first kappa shape index (κ1) is 20.2. The van der Waals surface area contributed by atoms with E-state index in [1.165, 1.54) is 36.8 Å². The number of aliphatic hydroxyl groups is 1. The molecule has 2 fully saturated rings. The van der Waals surface area contributed by atoms with Gasteiger partial charge in [-0.15, -0.1) is 0 Å². The average Bonchev–Trinajstić information content (AvgIpc) is 2.66. The number of hydrogen-bond acceptors (Lipinski definition) is 3. The summed E-state index contributed by atoms with van der Waals surface area (Å²) < 4.78 is 0. The minimum absolute atomic E-state index is 0.103. The van der Waals surface area contributed by atoms with Gasteiger partial charge in [-0.05, 0) is 48.6 Å². The number of hydrogen-bond donors (Lipinski definition) is 3. The van der Waals surface area contributed by atoms with Crippen molar-refractivity contribution in [2.75, 3.05) is 26.7 Å². The third kappa shape index (κ3) is 5.69. The second-order valence-electron chi connectivity index (χ2n) is 8.31. The van der Waals surface area contributed by atoms with Crippen LogP contribution in [0.1, 0.15) is 56.6 Å². The number of aliphatic imine (C=N–C) groups is 1. The summed E-state index contributed by atoms with van der Waals surface area (Å²) in [6.45, 7) is 7.06. The number of rotatable bonds is 7. The Morgan fingerprint density at radius 2 is 1.81 bits per heavy atom. The predicted molar refractivity (Wildman–Crippen MR) is 112 cm³/mol. The molecule has 3 rings (SSSR count). The molecule has 0 atom stereocenters. The van der Waals surface area contributed by atoms with Gasteiger partial charge < -0.3 is 15.7 Å². The molecule has 150 valence electrons. The van der Waals surface area contributed by atoms with Crippen molar-refractivity contribution in [1.82, 2.24) is 15.5 Å². The number of benzene rings is 1. The fourth-order valence-corrected chi connectivity index (χ4v) is 4.11. The van der Waals surface area contributed by atoms with E-state index in [4.69, 9.17) is 0 Å². The lowest BCUT2D eigenvalue weighted by Crippen LogP contribution is -2.46. The lowest BCUT2D eigenvalue weighted by molar-refractivity contribution is 0.0792. The monoisotopic (exact) mass is 372 g/mol. The van der Waals surface area contributed by atoms with E-state index < -0.39 is 0 Å². The maximum Gasteiger partial charge on any atom is 0.191 e. The minimum atomic E-state index is -0.103. The average molecular weight is 373 g/mol. The number of nitrogens with zero attached hydrogens (tertiary/aromatic N) is 2. The van der Waals surface area contributed by atoms with Crippen LogP contribution < -0.4 is 10.6 Å². The van der Waals surface area contributed by atoms with Gasteiger partial charge in [-0.3, -0.25) is 9.89 Å². The molecule has 1 aliphatic heterocycles. The molecule has 0 spiro atoms. The highest BCUT2D eigenvalue weighted by atomic mass is 16.3. The van der Waals surface area contributed by atoms with E-state index in [1.807, 2.05) is 7.05 Å². The number of piperidine rings is 1. The van der Waals surface area contributed by atoms with Crippen molar-refractivity contribution in [1.29, 1.82) is 0 Å². The molecule has 1 aromatic carbocycles. The summed E-state index contributed by atoms with van der Waals surface area (Å²) >= 11 is 0. The first-order valence-corrected chi connectivity index (χ1v) is 10.6. The standard InChI is InChI=1S/C22H36N4O/c1-3-22(11-4-12-22)17-25-21(23-2)24-15-18-5-7-19(8-6-18)16-26-13-9-20(27)10-14-26/h5-8,20,27H,3-4,9-17H2,1-2H3,(H2,23,24,25). The summed E-state index contributed by atoms with van der Waals surface area (Å²) in [5.74, 6) is 0.894. The zero-order valence-corrected chi connectivity index (χ0v) is 17.0. The molecule has 0 unspecified atom stereocenters. The topological polar surface area (TPSA) is 59.9 Å². The highest BCUT2D eigenvalue weighted by Gasteiger charge is 2.34. The largest absolute Gasteiger partial charge is 0.393 e. The Morgan fingerprint density at radius 3 is 2.37 bits per heavy atom. The van der Waals surface area contributed by atoms with Crippen LogP contribution in [-0.4, -0.2) is 48.8 Å².